The Labute approximate surface area is 155 Å². The Morgan fingerprint density at radius 3 is 2.40 bits per heavy atom. The van der Waals surface area contributed by atoms with Gasteiger partial charge in [0.05, 0.1) is 26.3 Å². The molecular formula is C17H14Cl2N2O3S. The van der Waals surface area contributed by atoms with Gasteiger partial charge in [-0.1, -0.05) is 23.2 Å². The van der Waals surface area contributed by atoms with Gasteiger partial charge in [-0.15, -0.1) is 0 Å². The fourth-order valence-electron chi connectivity index (χ4n) is 3.35. The van der Waals surface area contributed by atoms with Crippen molar-refractivity contribution >= 4 is 50.5 Å². The van der Waals surface area contributed by atoms with Crippen molar-refractivity contribution in [2.45, 2.75) is 24.2 Å². The van der Waals surface area contributed by atoms with Gasteiger partial charge in [0.2, 0.25) is 5.91 Å². The normalized spacial score (nSPS) is 16.1. The highest BCUT2D eigenvalue weighted by Gasteiger charge is 2.32. The molecule has 0 unspecified atom stereocenters. The van der Waals surface area contributed by atoms with Crippen molar-refractivity contribution in [3.05, 3.63) is 51.5 Å². The predicted molar refractivity (Wildman–Crippen MR) is 98.1 cm³/mol. The van der Waals surface area contributed by atoms with Gasteiger partial charge in [-0.05, 0) is 54.3 Å². The van der Waals surface area contributed by atoms with Crippen LogP contribution in [0.3, 0.4) is 0 Å². The number of nitrogens with one attached hydrogen (secondary N) is 1. The molecule has 2 aliphatic rings. The molecule has 0 saturated carbocycles. The number of benzene rings is 2. The minimum atomic E-state index is -3.76. The maximum absolute atomic E-state index is 12.8. The number of carbonyl (C=O) groups is 1. The van der Waals surface area contributed by atoms with Crippen LogP contribution in [0.1, 0.15) is 17.5 Å². The molecule has 8 heteroatoms. The Balaban J connectivity index is 1.72. The van der Waals surface area contributed by atoms with Crippen molar-refractivity contribution in [2.24, 2.45) is 0 Å². The summed E-state index contributed by atoms with van der Waals surface area (Å²) in [5, 5.41) is 0.636. The molecule has 1 amide bonds. The molecular weight excluding hydrogens is 383 g/mol. The molecule has 5 nitrogen and oxygen atoms in total. The molecule has 0 atom stereocenters. The van der Waals surface area contributed by atoms with Crippen LogP contribution in [-0.2, 0) is 27.7 Å². The first-order chi connectivity index (χ1) is 11.8. The zero-order chi connectivity index (χ0) is 17.8. The number of nitrogens with zero attached hydrogens (tertiary/aromatic N) is 1. The van der Waals surface area contributed by atoms with Gasteiger partial charge in [-0.25, -0.2) is 8.42 Å². The molecule has 1 N–H and O–H groups in total. The maximum Gasteiger partial charge on any atom is 0.261 e. The summed E-state index contributed by atoms with van der Waals surface area (Å²) >= 11 is 11.8. The third kappa shape index (κ3) is 2.88. The largest absolute Gasteiger partial charge is 0.312 e. The van der Waals surface area contributed by atoms with Crippen molar-refractivity contribution in [3.8, 4) is 0 Å². The van der Waals surface area contributed by atoms with E-state index in [0.717, 1.165) is 16.8 Å². The first-order valence-electron chi connectivity index (χ1n) is 7.79. The maximum atomic E-state index is 12.8. The average molecular weight is 397 g/mol. The quantitative estimate of drug-likeness (QED) is 0.860. The van der Waals surface area contributed by atoms with Crippen LogP contribution in [0.25, 0.3) is 0 Å². The van der Waals surface area contributed by atoms with Crippen molar-refractivity contribution in [2.75, 3.05) is 16.2 Å². The topological polar surface area (TPSA) is 66.5 Å². The van der Waals surface area contributed by atoms with Crippen molar-refractivity contribution < 1.29 is 13.2 Å². The number of halogens is 2. The predicted octanol–water partition coefficient (Wildman–Crippen LogP) is 3.63. The van der Waals surface area contributed by atoms with E-state index in [9.17, 15) is 13.2 Å². The van der Waals surface area contributed by atoms with E-state index in [2.05, 4.69) is 4.72 Å². The summed E-state index contributed by atoms with van der Waals surface area (Å²) in [5.41, 5.74) is 3.05. The Kier molecular flexibility index (Phi) is 3.94. The van der Waals surface area contributed by atoms with E-state index >= 15 is 0 Å². The van der Waals surface area contributed by atoms with Crippen LogP contribution >= 0.6 is 23.2 Å². The molecule has 2 aromatic rings. The highest BCUT2D eigenvalue weighted by Crippen LogP contribution is 2.38. The van der Waals surface area contributed by atoms with Crippen LogP contribution in [0.4, 0.5) is 11.4 Å². The molecule has 0 spiro atoms. The monoisotopic (exact) mass is 396 g/mol. The molecule has 130 valence electrons. The van der Waals surface area contributed by atoms with Crippen LogP contribution < -0.4 is 9.62 Å². The minimum Gasteiger partial charge on any atom is -0.312 e. The molecule has 0 fully saturated rings. The van der Waals surface area contributed by atoms with Gasteiger partial charge in [-0.3, -0.25) is 9.52 Å². The standard InChI is InChI=1S/C17H14Cl2N2O3S/c18-14-3-2-12(9-15(14)19)20-25(23,24)13-7-10-1-4-16(22)21-6-5-11(8-13)17(10)21/h2-3,7-9,20H,1,4-6H2. The fourth-order valence-corrected chi connectivity index (χ4v) is 4.80. The number of carbonyl (C=O) groups excluding carboxylic acids is 1. The summed E-state index contributed by atoms with van der Waals surface area (Å²) in [7, 11) is -3.76. The molecule has 4 rings (SSSR count). The van der Waals surface area contributed by atoms with Crippen molar-refractivity contribution in [1.82, 2.24) is 0 Å². The minimum absolute atomic E-state index is 0.107. The summed E-state index contributed by atoms with van der Waals surface area (Å²) in [6, 6.07) is 7.88. The summed E-state index contributed by atoms with van der Waals surface area (Å²) in [6.07, 6.45) is 1.65. The zero-order valence-electron chi connectivity index (χ0n) is 13.1. The van der Waals surface area contributed by atoms with E-state index in [4.69, 9.17) is 23.2 Å². The number of hydrogen-bond acceptors (Lipinski definition) is 3. The molecule has 0 saturated heterocycles. The van der Waals surface area contributed by atoms with Crippen LogP contribution in [0.2, 0.25) is 10.0 Å². The summed E-state index contributed by atoms with van der Waals surface area (Å²) < 4.78 is 28.1. The number of aryl methyl sites for hydroxylation is 1. The molecule has 2 aliphatic heterocycles. The van der Waals surface area contributed by atoms with E-state index in [-0.39, 0.29) is 15.8 Å². The van der Waals surface area contributed by atoms with E-state index in [1.807, 2.05) is 0 Å². The number of sulfonamides is 1. The van der Waals surface area contributed by atoms with Gasteiger partial charge < -0.3 is 4.90 Å². The molecule has 2 heterocycles. The first-order valence-corrected chi connectivity index (χ1v) is 10.0. The number of anilines is 2. The Morgan fingerprint density at radius 1 is 0.960 bits per heavy atom. The Hall–Kier alpha value is -1.76. The second-order valence-corrected chi connectivity index (χ2v) is 8.62. The van der Waals surface area contributed by atoms with E-state index in [0.29, 0.717) is 36.5 Å². The lowest BCUT2D eigenvalue weighted by atomic mass is 10.00. The second kappa shape index (κ2) is 5.90. The lowest BCUT2D eigenvalue weighted by molar-refractivity contribution is -0.118. The number of hydrogen-bond donors (Lipinski definition) is 1. The highest BCUT2D eigenvalue weighted by molar-refractivity contribution is 7.92. The molecule has 2 aromatic carbocycles. The summed E-state index contributed by atoms with van der Waals surface area (Å²) in [6.45, 7) is 0.616. The molecule has 0 aliphatic carbocycles. The lowest BCUT2D eigenvalue weighted by Gasteiger charge is -2.25. The smallest absolute Gasteiger partial charge is 0.261 e. The number of rotatable bonds is 3. The third-order valence-corrected chi connectivity index (χ3v) is 6.61. The van der Waals surface area contributed by atoms with Crippen LogP contribution in [0.15, 0.2) is 35.2 Å². The lowest BCUT2D eigenvalue weighted by Crippen LogP contribution is -2.33. The molecule has 25 heavy (non-hydrogen) atoms. The van der Waals surface area contributed by atoms with Gasteiger partial charge in [-0.2, -0.15) is 0 Å². The average Bonchev–Trinajstić information content (AvgIpc) is 2.99. The Bertz CT molecular complexity index is 1010. The van der Waals surface area contributed by atoms with Crippen molar-refractivity contribution in [1.29, 1.82) is 0 Å². The van der Waals surface area contributed by atoms with Gasteiger partial charge in [0.15, 0.2) is 0 Å². The first kappa shape index (κ1) is 16.7. The van der Waals surface area contributed by atoms with Crippen LogP contribution in [0.5, 0.6) is 0 Å². The fraction of sp³-hybridized carbons (Fsp3) is 0.235. The third-order valence-electron chi connectivity index (χ3n) is 4.51. The zero-order valence-corrected chi connectivity index (χ0v) is 15.4. The summed E-state index contributed by atoms with van der Waals surface area (Å²) in [4.78, 5) is 13.9. The van der Waals surface area contributed by atoms with Crippen LogP contribution in [0, 0.1) is 0 Å². The van der Waals surface area contributed by atoms with E-state index < -0.39 is 10.0 Å². The summed E-state index contributed by atoms with van der Waals surface area (Å²) in [5.74, 6) is 0.107. The SMILES string of the molecule is O=C1CCc2cc(S(=O)(=O)Nc3ccc(Cl)c(Cl)c3)cc3c2N1CC3. The van der Waals surface area contributed by atoms with Gasteiger partial charge in [0, 0.05) is 13.0 Å². The number of amides is 1. The van der Waals surface area contributed by atoms with Crippen molar-refractivity contribution in [3.63, 3.8) is 0 Å². The molecule has 0 aromatic heterocycles. The highest BCUT2D eigenvalue weighted by atomic mass is 35.5. The van der Waals surface area contributed by atoms with E-state index in [1.54, 1.807) is 23.1 Å². The van der Waals surface area contributed by atoms with Gasteiger partial charge in [0.25, 0.3) is 10.0 Å². The van der Waals surface area contributed by atoms with E-state index in [1.165, 1.54) is 12.1 Å². The Morgan fingerprint density at radius 2 is 1.68 bits per heavy atom. The van der Waals surface area contributed by atoms with Gasteiger partial charge in [0.1, 0.15) is 0 Å². The van der Waals surface area contributed by atoms with Crippen LogP contribution in [-0.4, -0.2) is 20.9 Å². The molecule has 0 radical (unpaired) electrons. The second-order valence-electron chi connectivity index (χ2n) is 6.12. The van der Waals surface area contributed by atoms with Gasteiger partial charge >= 0.3 is 0 Å². The molecule has 0 bridgehead atoms.